The Bertz CT molecular complexity index is 537. The predicted molar refractivity (Wildman–Crippen MR) is 74.1 cm³/mol. The maximum absolute atomic E-state index is 12.9. The topological polar surface area (TPSA) is 41.1 Å². The molecule has 20 heavy (non-hydrogen) atoms. The zero-order chi connectivity index (χ0) is 15.3. The van der Waals surface area contributed by atoms with E-state index in [4.69, 9.17) is 6.42 Å². The fourth-order valence-corrected chi connectivity index (χ4v) is 1.83. The average molecular weight is 349 g/mol. The zero-order valence-electron chi connectivity index (χ0n) is 10.5. The van der Waals surface area contributed by atoms with Crippen LogP contribution < -0.4 is 10.6 Å². The minimum atomic E-state index is -4.51. The number of terminal acetylenes is 1. The lowest BCUT2D eigenvalue weighted by molar-refractivity contribution is -0.137. The van der Waals surface area contributed by atoms with Crippen LogP contribution in [0.5, 0.6) is 0 Å². The first-order valence-corrected chi connectivity index (χ1v) is 6.39. The van der Waals surface area contributed by atoms with E-state index in [-0.39, 0.29) is 12.2 Å². The van der Waals surface area contributed by atoms with Gasteiger partial charge in [-0.15, -0.1) is 6.42 Å². The van der Waals surface area contributed by atoms with Crippen molar-refractivity contribution in [3.63, 3.8) is 0 Å². The maximum atomic E-state index is 12.9. The molecule has 0 fully saturated rings. The van der Waals surface area contributed by atoms with E-state index < -0.39 is 23.7 Å². The van der Waals surface area contributed by atoms with Crippen molar-refractivity contribution < 1.29 is 18.0 Å². The highest BCUT2D eigenvalue weighted by Gasteiger charge is 2.34. The van der Waals surface area contributed by atoms with Crippen LogP contribution in [0.15, 0.2) is 22.7 Å². The van der Waals surface area contributed by atoms with Gasteiger partial charge < -0.3 is 10.6 Å². The molecule has 7 heteroatoms. The summed E-state index contributed by atoms with van der Waals surface area (Å²) >= 11 is 2.99. The summed E-state index contributed by atoms with van der Waals surface area (Å²) in [7, 11) is 0. The molecule has 1 rings (SSSR count). The molecule has 0 aliphatic heterocycles. The lowest BCUT2D eigenvalue weighted by atomic mass is 10.1. The molecule has 0 saturated heterocycles. The van der Waals surface area contributed by atoms with Gasteiger partial charge in [-0.2, -0.15) is 13.2 Å². The number of halogens is 4. The number of benzene rings is 1. The molecule has 2 N–H and O–H groups in total. The standard InChI is InChI=1S/C13H12BrF3N2O/c1-3-6-18-12(20)8(2)19-11-5-4-9(14)7-10(11)13(15,16)17/h1,4-5,7-8,19H,6H2,2H3,(H,18,20). The first-order valence-electron chi connectivity index (χ1n) is 5.60. The third-order valence-corrected chi connectivity index (χ3v) is 2.91. The molecule has 0 saturated carbocycles. The number of amides is 1. The third kappa shape index (κ3) is 4.46. The molecule has 1 atom stereocenters. The summed E-state index contributed by atoms with van der Waals surface area (Å²) in [6.07, 6.45) is 0.476. The quantitative estimate of drug-likeness (QED) is 0.821. The van der Waals surface area contributed by atoms with Gasteiger partial charge in [-0.25, -0.2) is 0 Å². The number of carbonyl (C=O) groups excluding carboxylic acids is 1. The molecule has 1 amide bonds. The van der Waals surface area contributed by atoms with Crippen molar-refractivity contribution in [1.29, 1.82) is 0 Å². The Kier molecular flexibility index (Phi) is 5.45. The van der Waals surface area contributed by atoms with E-state index in [0.717, 1.165) is 6.07 Å². The van der Waals surface area contributed by atoms with Gasteiger partial charge in [0.25, 0.3) is 0 Å². The molecule has 0 heterocycles. The van der Waals surface area contributed by atoms with Crippen LogP contribution in [0.25, 0.3) is 0 Å². The summed E-state index contributed by atoms with van der Waals surface area (Å²) in [6.45, 7) is 1.48. The normalized spacial score (nSPS) is 12.4. The minimum absolute atomic E-state index is 0.0251. The largest absolute Gasteiger partial charge is 0.418 e. The first-order chi connectivity index (χ1) is 9.25. The summed E-state index contributed by atoms with van der Waals surface area (Å²) in [5.41, 5.74) is -1.01. The van der Waals surface area contributed by atoms with Gasteiger partial charge in [0, 0.05) is 10.2 Å². The van der Waals surface area contributed by atoms with Crippen LogP contribution >= 0.6 is 15.9 Å². The van der Waals surface area contributed by atoms with E-state index in [1.54, 1.807) is 0 Å². The van der Waals surface area contributed by atoms with Gasteiger partial charge in [-0.1, -0.05) is 21.9 Å². The molecule has 0 aromatic heterocycles. The van der Waals surface area contributed by atoms with Gasteiger partial charge in [0.15, 0.2) is 0 Å². The predicted octanol–water partition coefficient (Wildman–Crippen LogP) is 3.02. The summed E-state index contributed by atoms with van der Waals surface area (Å²) < 4.78 is 39.0. The molecule has 0 spiro atoms. The van der Waals surface area contributed by atoms with Crippen LogP contribution in [0.4, 0.5) is 18.9 Å². The Morgan fingerprint density at radius 2 is 2.15 bits per heavy atom. The molecule has 0 bridgehead atoms. The van der Waals surface area contributed by atoms with E-state index in [0.29, 0.717) is 4.47 Å². The first kappa shape index (κ1) is 16.4. The van der Waals surface area contributed by atoms with E-state index >= 15 is 0 Å². The second-order valence-corrected chi connectivity index (χ2v) is 4.89. The Labute approximate surface area is 123 Å². The van der Waals surface area contributed by atoms with Crippen molar-refractivity contribution >= 4 is 27.5 Å². The van der Waals surface area contributed by atoms with Crippen LogP contribution in [0.1, 0.15) is 12.5 Å². The van der Waals surface area contributed by atoms with E-state index in [1.807, 2.05) is 0 Å². The SMILES string of the molecule is C#CCNC(=O)C(C)Nc1ccc(Br)cc1C(F)(F)F. The lowest BCUT2D eigenvalue weighted by Crippen LogP contribution is -2.38. The molecule has 0 aliphatic carbocycles. The Morgan fingerprint density at radius 1 is 1.50 bits per heavy atom. The Morgan fingerprint density at radius 3 is 2.70 bits per heavy atom. The van der Waals surface area contributed by atoms with Crippen molar-refractivity contribution in [2.24, 2.45) is 0 Å². The second-order valence-electron chi connectivity index (χ2n) is 3.98. The van der Waals surface area contributed by atoms with Crippen molar-refractivity contribution in [1.82, 2.24) is 5.32 Å². The van der Waals surface area contributed by atoms with Crippen LogP contribution in [0, 0.1) is 12.3 Å². The molecule has 0 aliphatic rings. The zero-order valence-corrected chi connectivity index (χ0v) is 12.1. The molecule has 1 aromatic carbocycles. The molecule has 0 radical (unpaired) electrons. The third-order valence-electron chi connectivity index (χ3n) is 2.42. The Hall–Kier alpha value is -1.68. The van der Waals surface area contributed by atoms with Gasteiger partial charge in [0.05, 0.1) is 12.1 Å². The van der Waals surface area contributed by atoms with Crippen LogP contribution in [-0.2, 0) is 11.0 Å². The van der Waals surface area contributed by atoms with Crippen LogP contribution in [0.2, 0.25) is 0 Å². The molecule has 3 nitrogen and oxygen atoms in total. The van der Waals surface area contributed by atoms with Crippen molar-refractivity contribution in [3.05, 3.63) is 28.2 Å². The second kappa shape index (κ2) is 6.66. The lowest BCUT2D eigenvalue weighted by Gasteiger charge is -2.19. The fourth-order valence-electron chi connectivity index (χ4n) is 1.47. The number of hydrogen-bond donors (Lipinski definition) is 2. The monoisotopic (exact) mass is 348 g/mol. The number of nitrogens with one attached hydrogen (secondary N) is 2. The number of alkyl halides is 3. The molecule has 108 valence electrons. The average Bonchev–Trinajstić information content (AvgIpc) is 2.36. The number of carbonyl (C=O) groups is 1. The summed E-state index contributed by atoms with van der Waals surface area (Å²) in [6, 6.07) is 2.83. The number of rotatable bonds is 4. The van der Waals surface area contributed by atoms with E-state index in [9.17, 15) is 18.0 Å². The van der Waals surface area contributed by atoms with Crippen LogP contribution in [-0.4, -0.2) is 18.5 Å². The summed E-state index contributed by atoms with van der Waals surface area (Å²) in [5.74, 6) is 1.74. The van der Waals surface area contributed by atoms with Gasteiger partial charge in [0.1, 0.15) is 6.04 Å². The summed E-state index contributed by atoms with van der Waals surface area (Å²) in [4.78, 5) is 11.6. The van der Waals surface area contributed by atoms with Crippen molar-refractivity contribution in [2.45, 2.75) is 19.1 Å². The van der Waals surface area contributed by atoms with Gasteiger partial charge in [0.2, 0.25) is 5.91 Å². The van der Waals surface area contributed by atoms with Gasteiger partial charge in [-0.3, -0.25) is 4.79 Å². The number of hydrogen-bond acceptors (Lipinski definition) is 2. The summed E-state index contributed by atoms with van der Waals surface area (Å²) in [5, 5.41) is 4.93. The van der Waals surface area contributed by atoms with E-state index in [1.165, 1.54) is 19.1 Å². The fraction of sp³-hybridized carbons (Fsp3) is 0.308. The minimum Gasteiger partial charge on any atom is -0.373 e. The van der Waals surface area contributed by atoms with Crippen molar-refractivity contribution in [3.8, 4) is 12.3 Å². The van der Waals surface area contributed by atoms with E-state index in [2.05, 4.69) is 32.5 Å². The highest BCUT2D eigenvalue weighted by Crippen LogP contribution is 2.36. The van der Waals surface area contributed by atoms with Crippen molar-refractivity contribution in [2.75, 3.05) is 11.9 Å². The Balaban J connectivity index is 2.93. The maximum Gasteiger partial charge on any atom is 0.418 e. The van der Waals surface area contributed by atoms with Gasteiger partial charge in [-0.05, 0) is 25.1 Å². The van der Waals surface area contributed by atoms with Gasteiger partial charge >= 0.3 is 6.18 Å². The number of anilines is 1. The highest BCUT2D eigenvalue weighted by atomic mass is 79.9. The molecule has 1 aromatic rings. The highest BCUT2D eigenvalue weighted by molar-refractivity contribution is 9.10. The van der Waals surface area contributed by atoms with Crippen LogP contribution in [0.3, 0.4) is 0 Å². The molecular weight excluding hydrogens is 337 g/mol. The molecular formula is C13H12BrF3N2O. The molecule has 1 unspecified atom stereocenters. The smallest absolute Gasteiger partial charge is 0.373 e.